The fraction of sp³-hybridized carbons (Fsp3) is 0.900. The summed E-state index contributed by atoms with van der Waals surface area (Å²) in [6.07, 6.45) is 0.310. The average molecular weight is 247 g/mol. The molecule has 0 aliphatic rings. The van der Waals surface area contributed by atoms with Crippen molar-refractivity contribution in [2.45, 2.75) is 46.2 Å². The monoisotopic (exact) mass is 247 g/mol. The van der Waals surface area contributed by atoms with E-state index in [1.807, 2.05) is 6.07 Å². The van der Waals surface area contributed by atoms with Crippen molar-refractivity contribution in [2.24, 2.45) is 0 Å². The fourth-order valence-corrected chi connectivity index (χ4v) is 2.05. The molecule has 94 valence electrons. The minimum absolute atomic E-state index is 0.310. The predicted octanol–water partition coefficient (Wildman–Crippen LogP) is 1.49. The van der Waals surface area contributed by atoms with E-state index in [-0.39, 0.29) is 0 Å². The summed E-state index contributed by atoms with van der Waals surface area (Å²) < 4.78 is 1.54. The second kappa shape index (κ2) is 7.94. The Labute approximate surface area is 99.3 Å². The van der Waals surface area contributed by atoms with Crippen molar-refractivity contribution in [1.29, 1.82) is 5.26 Å². The molecule has 0 spiro atoms. The van der Waals surface area contributed by atoms with E-state index in [4.69, 9.17) is 5.26 Å². The van der Waals surface area contributed by atoms with Crippen LogP contribution < -0.4 is 0 Å². The molecule has 0 aromatic heterocycles. The first kappa shape index (κ1) is 15.8. The smallest absolute Gasteiger partial charge is 0.254 e. The van der Waals surface area contributed by atoms with Crippen LogP contribution in [0.2, 0.25) is 0 Å². The Hall–Kier alpha value is -0.240. The quantitative estimate of drug-likeness (QED) is 0.527. The van der Waals surface area contributed by atoms with E-state index in [9.17, 15) is 9.79 Å². The van der Waals surface area contributed by atoms with E-state index in [1.165, 1.54) is 0 Å². The van der Waals surface area contributed by atoms with Gasteiger partial charge in [0.1, 0.15) is 0 Å². The van der Waals surface area contributed by atoms with Gasteiger partial charge in [0, 0.05) is 25.0 Å². The molecule has 16 heavy (non-hydrogen) atoms. The summed E-state index contributed by atoms with van der Waals surface area (Å²) in [5.74, 6) is 0. The standard InChI is InChI=1S/C10H22N3O2P/c1-9(2)13(10(3)4)8-12(16(14)15)7-5-6-11/h9-10,14-15H,5,7-8H2,1-4H3. The molecule has 0 heterocycles. The molecule has 5 nitrogen and oxygen atoms in total. The maximum absolute atomic E-state index is 9.26. The SMILES string of the molecule is CC(C)N(CN(CCC#N)P(O)O)C(C)C. The molecule has 0 fully saturated rings. The summed E-state index contributed by atoms with van der Waals surface area (Å²) in [7, 11) is -2.12. The average Bonchev–Trinajstić information content (AvgIpc) is 2.16. The molecular weight excluding hydrogens is 225 g/mol. The maximum Gasteiger partial charge on any atom is 0.254 e. The molecule has 0 aliphatic carbocycles. The van der Waals surface area contributed by atoms with E-state index in [0.29, 0.717) is 31.7 Å². The van der Waals surface area contributed by atoms with Crippen molar-refractivity contribution in [1.82, 2.24) is 9.57 Å². The molecule has 0 aliphatic heterocycles. The van der Waals surface area contributed by atoms with Gasteiger partial charge in [-0.1, -0.05) is 0 Å². The summed E-state index contributed by atoms with van der Waals surface area (Å²) in [5.41, 5.74) is 0. The number of hydrogen-bond acceptors (Lipinski definition) is 5. The third kappa shape index (κ3) is 5.74. The normalized spacial score (nSPS) is 12.1. The van der Waals surface area contributed by atoms with Gasteiger partial charge in [-0.15, -0.1) is 0 Å². The van der Waals surface area contributed by atoms with Crippen LogP contribution in [0.1, 0.15) is 34.1 Å². The highest BCUT2D eigenvalue weighted by Crippen LogP contribution is 2.30. The molecule has 0 amide bonds. The first-order valence-electron chi connectivity index (χ1n) is 5.45. The minimum atomic E-state index is -2.12. The van der Waals surface area contributed by atoms with Gasteiger partial charge in [0.05, 0.1) is 12.7 Å². The van der Waals surface area contributed by atoms with Crippen LogP contribution in [0.3, 0.4) is 0 Å². The van der Waals surface area contributed by atoms with Gasteiger partial charge in [-0.05, 0) is 27.7 Å². The Morgan fingerprint density at radius 3 is 2.00 bits per heavy atom. The van der Waals surface area contributed by atoms with Crippen LogP contribution in [-0.4, -0.2) is 44.7 Å². The van der Waals surface area contributed by atoms with E-state index in [0.717, 1.165) is 0 Å². The van der Waals surface area contributed by atoms with Crippen LogP contribution in [0.25, 0.3) is 0 Å². The second-order valence-electron chi connectivity index (χ2n) is 4.25. The lowest BCUT2D eigenvalue weighted by atomic mass is 10.2. The second-order valence-corrected chi connectivity index (χ2v) is 5.35. The van der Waals surface area contributed by atoms with Crippen LogP contribution in [0.5, 0.6) is 0 Å². The lowest BCUT2D eigenvalue weighted by Crippen LogP contribution is -2.43. The van der Waals surface area contributed by atoms with Crippen molar-refractivity contribution in [2.75, 3.05) is 13.2 Å². The molecule has 0 bridgehead atoms. The molecule has 0 saturated carbocycles. The lowest BCUT2D eigenvalue weighted by Gasteiger charge is -2.35. The van der Waals surface area contributed by atoms with Crippen molar-refractivity contribution in [3.05, 3.63) is 0 Å². The lowest BCUT2D eigenvalue weighted by molar-refractivity contribution is 0.114. The van der Waals surface area contributed by atoms with Crippen LogP contribution >= 0.6 is 8.53 Å². The van der Waals surface area contributed by atoms with Gasteiger partial charge in [-0.3, -0.25) is 4.90 Å². The van der Waals surface area contributed by atoms with E-state index >= 15 is 0 Å². The summed E-state index contributed by atoms with van der Waals surface area (Å²) >= 11 is 0. The molecular formula is C10H22N3O2P. The largest absolute Gasteiger partial charge is 0.338 e. The van der Waals surface area contributed by atoms with Gasteiger partial charge < -0.3 is 9.79 Å². The highest BCUT2D eigenvalue weighted by Gasteiger charge is 2.21. The molecule has 0 radical (unpaired) electrons. The Balaban J connectivity index is 4.40. The van der Waals surface area contributed by atoms with Gasteiger partial charge in [0.15, 0.2) is 0 Å². The molecule has 0 atom stereocenters. The van der Waals surface area contributed by atoms with Crippen molar-refractivity contribution < 1.29 is 9.79 Å². The summed E-state index contributed by atoms with van der Waals surface area (Å²) in [4.78, 5) is 20.7. The number of nitriles is 1. The predicted molar refractivity (Wildman–Crippen MR) is 65.3 cm³/mol. The van der Waals surface area contributed by atoms with Crippen LogP contribution in [0.15, 0.2) is 0 Å². The Morgan fingerprint density at radius 2 is 1.69 bits per heavy atom. The van der Waals surface area contributed by atoms with Crippen LogP contribution in [0, 0.1) is 11.3 Å². The van der Waals surface area contributed by atoms with Gasteiger partial charge in [-0.2, -0.15) is 5.26 Å². The molecule has 0 rings (SSSR count). The Kier molecular flexibility index (Phi) is 7.82. The molecule has 0 saturated heterocycles. The Morgan fingerprint density at radius 1 is 1.19 bits per heavy atom. The Bertz CT molecular complexity index is 221. The van der Waals surface area contributed by atoms with Gasteiger partial charge >= 0.3 is 0 Å². The zero-order valence-electron chi connectivity index (χ0n) is 10.5. The van der Waals surface area contributed by atoms with Gasteiger partial charge in [0.2, 0.25) is 0 Å². The van der Waals surface area contributed by atoms with Crippen molar-refractivity contribution in [3.8, 4) is 6.07 Å². The molecule has 0 aromatic rings. The van der Waals surface area contributed by atoms with Crippen LogP contribution in [-0.2, 0) is 0 Å². The number of rotatable bonds is 7. The minimum Gasteiger partial charge on any atom is -0.338 e. The number of nitrogens with zero attached hydrogens (tertiary/aromatic N) is 3. The zero-order valence-corrected chi connectivity index (χ0v) is 11.4. The van der Waals surface area contributed by atoms with Crippen molar-refractivity contribution in [3.63, 3.8) is 0 Å². The third-order valence-corrected chi connectivity index (χ3v) is 3.22. The molecule has 2 N–H and O–H groups in total. The number of hydrogen-bond donors (Lipinski definition) is 2. The van der Waals surface area contributed by atoms with Crippen LogP contribution in [0.4, 0.5) is 0 Å². The third-order valence-electron chi connectivity index (χ3n) is 2.39. The first-order chi connectivity index (χ1) is 7.40. The molecule has 6 heteroatoms. The van der Waals surface area contributed by atoms with E-state index < -0.39 is 8.53 Å². The first-order valence-corrected chi connectivity index (χ1v) is 6.65. The van der Waals surface area contributed by atoms with Gasteiger partial charge in [0.25, 0.3) is 8.53 Å². The molecule has 0 unspecified atom stereocenters. The topological polar surface area (TPSA) is 70.7 Å². The summed E-state index contributed by atoms with van der Waals surface area (Å²) in [5, 5.41) is 8.50. The van der Waals surface area contributed by atoms with E-state index in [1.54, 1.807) is 4.67 Å². The summed E-state index contributed by atoms with van der Waals surface area (Å²) in [6, 6.07) is 2.68. The molecule has 0 aromatic carbocycles. The maximum atomic E-state index is 9.26. The van der Waals surface area contributed by atoms with Crippen molar-refractivity contribution >= 4 is 8.53 Å². The highest BCUT2D eigenvalue weighted by molar-refractivity contribution is 7.42. The summed E-state index contributed by atoms with van der Waals surface area (Å²) in [6.45, 7) is 9.15. The van der Waals surface area contributed by atoms with E-state index in [2.05, 4.69) is 32.6 Å². The fourth-order valence-electron chi connectivity index (χ4n) is 1.51. The van der Waals surface area contributed by atoms with Gasteiger partial charge in [-0.25, -0.2) is 4.67 Å². The zero-order chi connectivity index (χ0) is 12.7. The highest BCUT2D eigenvalue weighted by atomic mass is 31.2.